The van der Waals surface area contributed by atoms with Crippen LogP contribution in [0.2, 0.25) is 0 Å². The number of para-hydroxylation sites is 2. The van der Waals surface area contributed by atoms with Crippen LogP contribution in [-0.4, -0.2) is 5.78 Å². The summed E-state index contributed by atoms with van der Waals surface area (Å²) in [5, 5.41) is 0. The average Bonchev–Trinajstić information content (AvgIpc) is 2.34. The molecule has 0 aliphatic heterocycles. The van der Waals surface area contributed by atoms with Crippen LogP contribution >= 0.6 is 0 Å². The van der Waals surface area contributed by atoms with Crippen molar-refractivity contribution in [2.24, 2.45) is 0 Å². The second-order valence-corrected chi connectivity index (χ2v) is 4.38. The molecule has 0 aromatic heterocycles. The van der Waals surface area contributed by atoms with Gasteiger partial charge in [0.15, 0.2) is 5.78 Å². The molecule has 2 aromatic carbocycles. The molecular weight excluding hydrogens is 224 g/mol. The van der Waals surface area contributed by atoms with E-state index in [1.165, 1.54) is 0 Å². The molecule has 0 bridgehead atoms. The van der Waals surface area contributed by atoms with Crippen molar-refractivity contribution in [2.45, 2.75) is 20.8 Å². The highest BCUT2D eigenvalue weighted by atomic mass is 16.5. The van der Waals surface area contributed by atoms with E-state index in [0.717, 1.165) is 16.9 Å². The van der Waals surface area contributed by atoms with Crippen LogP contribution in [0.15, 0.2) is 42.5 Å². The van der Waals surface area contributed by atoms with E-state index in [4.69, 9.17) is 4.74 Å². The van der Waals surface area contributed by atoms with Crippen LogP contribution < -0.4 is 4.74 Å². The lowest BCUT2D eigenvalue weighted by atomic mass is 10.1. The lowest BCUT2D eigenvalue weighted by Gasteiger charge is -2.13. The molecule has 0 saturated heterocycles. The van der Waals surface area contributed by atoms with Gasteiger partial charge in [-0.3, -0.25) is 4.79 Å². The summed E-state index contributed by atoms with van der Waals surface area (Å²) >= 11 is 0. The van der Waals surface area contributed by atoms with Crippen molar-refractivity contribution in [1.29, 1.82) is 0 Å². The third-order valence-electron chi connectivity index (χ3n) is 2.89. The second-order valence-electron chi connectivity index (χ2n) is 4.38. The summed E-state index contributed by atoms with van der Waals surface area (Å²) < 4.78 is 5.91. The largest absolute Gasteiger partial charge is 0.456 e. The minimum Gasteiger partial charge on any atom is -0.456 e. The molecular formula is C16H16O2. The first-order chi connectivity index (χ1) is 8.59. The van der Waals surface area contributed by atoms with Gasteiger partial charge in [-0.15, -0.1) is 0 Å². The van der Waals surface area contributed by atoms with Crippen molar-refractivity contribution in [3.05, 3.63) is 59.2 Å². The highest BCUT2D eigenvalue weighted by molar-refractivity contribution is 5.96. The fourth-order valence-corrected chi connectivity index (χ4v) is 1.92. The number of hydrogen-bond acceptors (Lipinski definition) is 2. The van der Waals surface area contributed by atoms with E-state index in [9.17, 15) is 4.79 Å². The molecule has 0 spiro atoms. The van der Waals surface area contributed by atoms with E-state index in [1.807, 2.05) is 50.2 Å². The minimum atomic E-state index is 0.0110. The summed E-state index contributed by atoms with van der Waals surface area (Å²) in [4.78, 5) is 11.5. The first-order valence-corrected chi connectivity index (χ1v) is 5.93. The summed E-state index contributed by atoms with van der Waals surface area (Å²) in [5.74, 6) is 1.45. The van der Waals surface area contributed by atoms with Crippen LogP contribution in [0.3, 0.4) is 0 Å². The zero-order valence-corrected chi connectivity index (χ0v) is 10.9. The highest BCUT2D eigenvalue weighted by Gasteiger charge is 2.10. The number of Topliss-reactive ketones (excluding diaryl/α,β-unsaturated/α-hetero) is 1. The Balaban J connectivity index is 2.43. The summed E-state index contributed by atoms with van der Waals surface area (Å²) in [6, 6.07) is 13.3. The molecule has 0 amide bonds. The number of aryl methyl sites for hydroxylation is 2. The molecule has 2 heteroatoms. The Labute approximate surface area is 107 Å². The van der Waals surface area contributed by atoms with Crippen molar-refractivity contribution in [3.63, 3.8) is 0 Å². The maximum Gasteiger partial charge on any atom is 0.163 e. The zero-order valence-electron chi connectivity index (χ0n) is 10.9. The van der Waals surface area contributed by atoms with Crippen molar-refractivity contribution in [2.75, 3.05) is 0 Å². The number of carbonyl (C=O) groups excluding carboxylic acids is 1. The molecule has 2 nitrogen and oxygen atoms in total. The standard InChI is InChI=1S/C16H16O2/c1-11-7-6-8-12(2)16(11)18-15-10-5-4-9-14(15)13(3)17/h4-10H,1-3H3. The van der Waals surface area contributed by atoms with E-state index in [-0.39, 0.29) is 5.78 Å². The van der Waals surface area contributed by atoms with Gasteiger partial charge in [0.2, 0.25) is 0 Å². The topological polar surface area (TPSA) is 26.3 Å². The van der Waals surface area contributed by atoms with Gasteiger partial charge in [-0.25, -0.2) is 0 Å². The van der Waals surface area contributed by atoms with Gasteiger partial charge in [-0.05, 0) is 44.0 Å². The van der Waals surface area contributed by atoms with Gasteiger partial charge in [-0.1, -0.05) is 30.3 Å². The molecule has 0 atom stereocenters. The highest BCUT2D eigenvalue weighted by Crippen LogP contribution is 2.30. The number of rotatable bonds is 3. The smallest absolute Gasteiger partial charge is 0.163 e. The molecule has 0 aliphatic carbocycles. The molecule has 0 N–H and O–H groups in total. The van der Waals surface area contributed by atoms with Crippen molar-refractivity contribution in [3.8, 4) is 11.5 Å². The zero-order chi connectivity index (χ0) is 13.1. The average molecular weight is 240 g/mol. The van der Waals surface area contributed by atoms with Crippen molar-refractivity contribution >= 4 is 5.78 Å². The molecule has 0 fully saturated rings. The summed E-state index contributed by atoms with van der Waals surface area (Å²) in [6.45, 7) is 5.55. The number of carbonyl (C=O) groups is 1. The quantitative estimate of drug-likeness (QED) is 0.748. The SMILES string of the molecule is CC(=O)c1ccccc1Oc1c(C)cccc1C. The number of benzene rings is 2. The van der Waals surface area contributed by atoms with Crippen LogP contribution in [0.4, 0.5) is 0 Å². The Morgan fingerprint density at radius 1 is 0.944 bits per heavy atom. The third-order valence-corrected chi connectivity index (χ3v) is 2.89. The number of ether oxygens (including phenoxy) is 1. The second kappa shape index (κ2) is 5.05. The van der Waals surface area contributed by atoms with E-state index in [1.54, 1.807) is 13.0 Å². The Bertz CT molecular complexity index is 565. The Hall–Kier alpha value is -2.09. The fraction of sp³-hybridized carbons (Fsp3) is 0.188. The van der Waals surface area contributed by atoms with Gasteiger partial charge in [0.05, 0.1) is 5.56 Å². The van der Waals surface area contributed by atoms with E-state index >= 15 is 0 Å². The molecule has 0 radical (unpaired) electrons. The fourth-order valence-electron chi connectivity index (χ4n) is 1.92. The maximum absolute atomic E-state index is 11.5. The molecule has 0 unspecified atom stereocenters. The summed E-state index contributed by atoms with van der Waals surface area (Å²) in [6.07, 6.45) is 0. The predicted octanol–water partition coefficient (Wildman–Crippen LogP) is 4.30. The summed E-state index contributed by atoms with van der Waals surface area (Å²) in [7, 11) is 0. The third kappa shape index (κ3) is 2.43. The molecule has 2 rings (SSSR count). The van der Waals surface area contributed by atoms with Gasteiger partial charge in [0, 0.05) is 0 Å². The first kappa shape index (κ1) is 12.4. The maximum atomic E-state index is 11.5. The molecule has 0 aliphatic rings. The van der Waals surface area contributed by atoms with E-state index in [0.29, 0.717) is 11.3 Å². The van der Waals surface area contributed by atoms with Crippen LogP contribution in [0, 0.1) is 13.8 Å². The molecule has 0 heterocycles. The Morgan fingerprint density at radius 3 is 2.17 bits per heavy atom. The van der Waals surface area contributed by atoms with Gasteiger partial charge in [0.25, 0.3) is 0 Å². The normalized spacial score (nSPS) is 10.2. The molecule has 0 saturated carbocycles. The first-order valence-electron chi connectivity index (χ1n) is 5.93. The van der Waals surface area contributed by atoms with E-state index in [2.05, 4.69) is 0 Å². The lowest BCUT2D eigenvalue weighted by molar-refractivity contribution is 0.101. The number of ketones is 1. The van der Waals surface area contributed by atoms with Gasteiger partial charge < -0.3 is 4.74 Å². The Kier molecular flexibility index (Phi) is 3.47. The minimum absolute atomic E-state index is 0.0110. The van der Waals surface area contributed by atoms with Crippen molar-refractivity contribution < 1.29 is 9.53 Å². The van der Waals surface area contributed by atoms with Crippen LogP contribution in [0.25, 0.3) is 0 Å². The predicted molar refractivity (Wildman–Crippen MR) is 72.4 cm³/mol. The van der Waals surface area contributed by atoms with Crippen molar-refractivity contribution in [1.82, 2.24) is 0 Å². The van der Waals surface area contributed by atoms with E-state index < -0.39 is 0 Å². The monoisotopic (exact) mass is 240 g/mol. The van der Waals surface area contributed by atoms with Gasteiger partial charge in [-0.2, -0.15) is 0 Å². The van der Waals surface area contributed by atoms with Crippen LogP contribution in [0.1, 0.15) is 28.4 Å². The summed E-state index contributed by atoms with van der Waals surface area (Å²) in [5.41, 5.74) is 2.74. The molecule has 18 heavy (non-hydrogen) atoms. The molecule has 2 aromatic rings. The van der Waals surface area contributed by atoms with Gasteiger partial charge >= 0.3 is 0 Å². The Morgan fingerprint density at radius 2 is 1.56 bits per heavy atom. The van der Waals surface area contributed by atoms with Crippen LogP contribution in [-0.2, 0) is 0 Å². The number of hydrogen-bond donors (Lipinski definition) is 0. The van der Waals surface area contributed by atoms with Gasteiger partial charge in [0.1, 0.15) is 11.5 Å². The van der Waals surface area contributed by atoms with Crippen LogP contribution in [0.5, 0.6) is 11.5 Å². The molecule has 92 valence electrons. The lowest BCUT2D eigenvalue weighted by Crippen LogP contribution is -1.98.